The first-order chi connectivity index (χ1) is 10.1. The van der Waals surface area contributed by atoms with Crippen molar-refractivity contribution in [3.63, 3.8) is 0 Å². The Kier molecular flexibility index (Phi) is 6.55. The summed E-state index contributed by atoms with van der Waals surface area (Å²) in [7, 11) is -3.40. The van der Waals surface area contributed by atoms with Crippen LogP contribution in [0.1, 0.15) is 37.5 Å². The molecule has 0 spiro atoms. The van der Waals surface area contributed by atoms with Crippen LogP contribution in [0.5, 0.6) is 0 Å². The number of nitrogens with one attached hydrogen (secondary N) is 2. The lowest BCUT2D eigenvalue weighted by molar-refractivity contribution is 0.554. The lowest BCUT2D eigenvalue weighted by Gasteiger charge is -2.19. The number of rotatable bonds is 8. The minimum Gasteiger partial charge on any atom is -0.312 e. The molecule has 120 valence electrons. The summed E-state index contributed by atoms with van der Waals surface area (Å²) in [5.41, 5.74) is 0. The fourth-order valence-electron chi connectivity index (χ4n) is 2.68. The fourth-order valence-corrected chi connectivity index (χ4v) is 6.43. The molecule has 1 fully saturated rings. The lowest BCUT2D eigenvalue weighted by atomic mass is 10.3. The van der Waals surface area contributed by atoms with Gasteiger partial charge in [0.2, 0.25) is 10.0 Å². The zero-order valence-electron chi connectivity index (χ0n) is 12.6. The molecular weight excluding hydrogens is 324 g/mol. The third kappa shape index (κ3) is 4.45. The molecule has 0 aromatic carbocycles. The van der Waals surface area contributed by atoms with E-state index in [-0.39, 0.29) is 6.04 Å². The predicted octanol–water partition coefficient (Wildman–Crippen LogP) is 2.81. The number of hydrogen-bond donors (Lipinski definition) is 2. The maximum Gasteiger partial charge on any atom is 0.242 e. The maximum absolute atomic E-state index is 12.6. The van der Waals surface area contributed by atoms with E-state index in [0.29, 0.717) is 16.7 Å². The van der Waals surface area contributed by atoms with Gasteiger partial charge in [0.25, 0.3) is 0 Å². The summed E-state index contributed by atoms with van der Waals surface area (Å²) in [6.07, 6.45) is 6.25. The Labute approximate surface area is 136 Å². The largest absolute Gasteiger partial charge is 0.312 e. The van der Waals surface area contributed by atoms with Gasteiger partial charge in [-0.1, -0.05) is 13.3 Å². The van der Waals surface area contributed by atoms with E-state index in [1.807, 2.05) is 5.38 Å². The minimum atomic E-state index is -3.40. The summed E-state index contributed by atoms with van der Waals surface area (Å²) in [4.78, 5) is 1.34. The van der Waals surface area contributed by atoms with Crippen molar-refractivity contribution in [2.75, 3.05) is 12.8 Å². The summed E-state index contributed by atoms with van der Waals surface area (Å²) < 4.78 is 28.2. The second kappa shape index (κ2) is 7.97. The van der Waals surface area contributed by atoms with E-state index in [1.165, 1.54) is 11.3 Å². The molecule has 1 aliphatic carbocycles. The molecule has 1 aliphatic rings. The third-order valence-electron chi connectivity index (χ3n) is 3.77. The van der Waals surface area contributed by atoms with Crippen LogP contribution < -0.4 is 10.0 Å². The fraction of sp³-hybridized carbons (Fsp3) is 0.714. The van der Waals surface area contributed by atoms with Crippen LogP contribution in [-0.2, 0) is 16.6 Å². The maximum atomic E-state index is 12.6. The first-order valence-electron chi connectivity index (χ1n) is 7.40. The normalized spacial score (nSPS) is 22.8. The van der Waals surface area contributed by atoms with Crippen LogP contribution in [-0.4, -0.2) is 32.5 Å². The highest BCUT2D eigenvalue weighted by Gasteiger charge is 2.31. The van der Waals surface area contributed by atoms with E-state index >= 15 is 0 Å². The quantitative estimate of drug-likeness (QED) is 0.709. The van der Waals surface area contributed by atoms with E-state index in [2.05, 4.69) is 23.2 Å². The van der Waals surface area contributed by atoms with Gasteiger partial charge >= 0.3 is 0 Å². The first kappa shape index (κ1) is 17.3. The van der Waals surface area contributed by atoms with E-state index < -0.39 is 10.0 Å². The van der Waals surface area contributed by atoms with E-state index in [0.717, 1.165) is 37.1 Å². The summed E-state index contributed by atoms with van der Waals surface area (Å²) in [6.45, 7) is 3.63. The third-order valence-corrected chi connectivity index (χ3v) is 7.56. The Bertz CT molecular complexity index is 542. The van der Waals surface area contributed by atoms with Gasteiger partial charge in [0.05, 0.1) is 4.90 Å². The highest BCUT2D eigenvalue weighted by Crippen LogP contribution is 2.30. The van der Waals surface area contributed by atoms with Gasteiger partial charge < -0.3 is 5.32 Å². The second-order valence-corrected chi connectivity index (χ2v) is 9.08. The van der Waals surface area contributed by atoms with Gasteiger partial charge in [-0.15, -0.1) is 11.3 Å². The second-order valence-electron chi connectivity index (χ2n) is 5.32. The molecule has 0 aliphatic heterocycles. The van der Waals surface area contributed by atoms with Gasteiger partial charge in [-0.25, -0.2) is 13.1 Å². The van der Waals surface area contributed by atoms with E-state index in [9.17, 15) is 8.42 Å². The van der Waals surface area contributed by atoms with Crippen LogP contribution in [0, 0.1) is 0 Å². The van der Waals surface area contributed by atoms with Crippen molar-refractivity contribution in [3.05, 3.63) is 16.3 Å². The van der Waals surface area contributed by atoms with Crippen molar-refractivity contribution >= 4 is 33.1 Å². The first-order valence-corrected chi connectivity index (χ1v) is 11.1. The average molecular weight is 349 g/mol. The van der Waals surface area contributed by atoms with Gasteiger partial charge in [0.15, 0.2) is 0 Å². The summed E-state index contributed by atoms with van der Waals surface area (Å²) >= 11 is 3.27. The zero-order valence-corrected chi connectivity index (χ0v) is 15.0. The van der Waals surface area contributed by atoms with Gasteiger partial charge in [0, 0.05) is 22.7 Å². The minimum absolute atomic E-state index is 0.0707. The molecule has 0 saturated heterocycles. The molecule has 2 unspecified atom stereocenters. The molecule has 1 aromatic heterocycles. The van der Waals surface area contributed by atoms with Crippen molar-refractivity contribution in [2.45, 2.75) is 55.3 Å². The standard InChI is InChI=1S/C14H24N2O2S3/c1-3-8-15-10-13-14(7-9-20-13)21(17,18)16-11-5-4-6-12(11)19-2/h7,9,11-12,15-16H,3-6,8,10H2,1-2H3. The average Bonchev–Trinajstić information content (AvgIpc) is 3.07. The van der Waals surface area contributed by atoms with Gasteiger partial charge in [0.1, 0.15) is 0 Å². The number of thioether (sulfide) groups is 1. The molecule has 1 aromatic rings. The Hall–Kier alpha value is -0.0800. The Morgan fingerprint density at radius 1 is 1.43 bits per heavy atom. The molecule has 1 heterocycles. The molecule has 7 heteroatoms. The Morgan fingerprint density at radius 3 is 2.95 bits per heavy atom. The molecule has 2 atom stereocenters. The highest BCUT2D eigenvalue weighted by atomic mass is 32.2. The van der Waals surface area contributed by atoms with Crippen LogP contribution in [0.2, 0.25) is 0 Å². The summed E-state index contributed by atoms with van der Waals surface area (Å²) in [5.74, 6) is 0. The summed E-state index contributed by atoms with van der Waals surface area (Å²) in [5, 5.41) is 5.54. The molecule has 0 bridgehead atoms. The van der Waals surface area contributed by atoms with Crippen molar-refractivity contribution < 1.29 is 8.42 Å². The predicted molar refractivity (Wildman–Crippen MR) is 91.6 cm³/mol. The number of thiophene rings is 1. The molecule has 21 heavy (non-hydrogen) atoms. The van der Waals surface area contributed by atoms with Crippen molar-refractivity contribution in [1.29, 1.82) is 0 Å². The van der Waals surface area contributed by atoms with Crippen LogP contribution in [0.15, 0.2) is 16.3 Å². The number of sulfonamides is 1. The van der Waals surface area contributed by atoms with Crippen molar-refractivity contribution in [2.24, 2.45) is 0 Å². The van der Waals surface area contributed by atoms with Crippen LogP contribution in [0.25, 0.3) is 0 Å². The molecular formula is C14H24N2O2S3. The summed E-state index contributed by atoms with van der Waals surface area (Å²) in [6, 6.07) is 1.79. The van der Waals surface area contributed by atoms with Crippen LogP contribution in [0.3, 0.4) is 0 Å². The zero-order chi connectivity index (χ0) is 15.3. The molecule has 2 N–H and O–H groups in total. The molecule has 1 saturated carbocycles. The Balaban J connectivity index is 2.07. The molecule has 4 nitrogen and oxygen atoms in total. The van der Waals surface area contributed by atoms with E-state index in [1.54, 1.807) is 17.8 Å². The van der Waals surface area contributed by atoms with Crippen molar-refractivity contribution in [1.82, 2.24) is 10.0 Å². The van der Waals surface area contributed by atoms with Gasteiger partial charge in [-0.05, 0) is 43.5 Å². The topological polar surface area (TPSA) is 58.2 Å². The van der Waals surface area contributed by atoms with Crippen LogP contribution >= 0.6 is 23.1 Å². The Morgan fingerprint density at radius 2 is 2.24 bits per heavy atom. The van der Waals surface area contributed by atoms with E-state index in [4.69, 9.17) is 0 Å². The van der Waals surface area contributed by atoms with Gasteiger partial charge in [-0.3, -0.25) is 0 Å². The molecule has 0 amide bonds. The molecule has 2 rings (SSSR count). The molecule has 0 radical (unpaired) electrons. The van der Waals surface area contributed by atoms with Gasteiger partial charge in [-0.2, -0.15) is 11.8 Å². The van der Waals surface area contributed by atoms with Crippen molar-refractivity contribution in [3.8, 4) is 0 Å². The number of hydrogen-bond acceptors (Lipinski definition) is 5. The SMILES string of the molecule is CCCNCc1sccc1S(=O)(=O)NC1CCCC1SC. The monoisotopic (exact) mass is 348 g/mol. The highest BCUT2D eigenvalue weighted by molar-refractivity contribution is 7.99. The van der Waals surface area contributed by atoms with Crippen LogP contribution in [0.4, 0.5) is 0 Å². The smallest absolute Gasteiger partial charge is 0.242 e. The lowest BCUT2D eigenvalue weighted by Crippen LogP contribution is -2.38.